The van der Waals surface area contributed by atoms with Crippen molar-refractivity contribution in [3.8, 4) is 5.75 Å². The van der Waals surface area contributed by atoms with Crippen LogP contribution in [0.4, 0.5) is 5.69 Å². The van der Waals surface area contributed by atoms with Crippen LogP contribution in [-0.4, -0.2) is 45.8 Å². The van der Waals surface area contributed by atoms with Crippen LogP contribution in [0.25, 0.3) is 0 Å². The van der Waals surface area contributed by atoms with Gasteiger partial charge in [-0.1, -0.05) is 30.3 Å². The van der Waals surface area contributed by atoms with Crippen molar-refractivity contribution >= 4 is 27.6 Å². The van der Waals surface area contributed by atoms with E-state index in [1.807, 2.05) is 30.3 Å². The van der Waals surface area contributed by atoms with Crippen LogP contribution >= 0.6 is 0 Å². The zero-order valence-corrected chi connectivity index (χ0v) is 19.8. The summed E-state index contributed by atoms with van der Waals surface area (Å²) in [6.45, 7) is 0. The maximum atomic E-state index is 13.1. The van der Waals surface area contributed by atoms with Gasteiger partial charge in [0.15, 0.2) is 0 Å². The van der Waals surface area contributed by atoms with Crippen molar-refractivity contribution in [2.45, 2.75) is 17.4 Å². The fourth-order valence-corrected chi connectivity index (χ4v) is 4.67. The molecule has 8 nitrogen and oxygen atoms in total. The number of anilines is 1. The quantitative estimate of drug-likeness (QED) is 0.541. The van der Waals surface area contributed by atoms with Crippen molar-refractivity contribution in [1.29, 1.82) is 0 Å². The normalized spacial score (nSPS) is 15.4. The SMILES string of the molecule is COc1ccc(S(=O)(=O)N(C)C)cc1NC(=O)c1ccc2c(c1)CC(c1ccccc1)OC2=O. The van der Waals surface area contributed by atoms with E-state index in [9.17, 15) is 18.0 Å². The molecule has 9 heteroatoms. The van der Waals surface area contributed by atoms with E-state index in [-0.39, 0.29) is 10.6 Å². The number of hydrogen-bond acceptors (Lipinski definition) is 6. The third kappa shape index (κ3) is 4.52. The lowest BCUT2D eigenvalue weighted by molar-refractivity contribution is 0.0252. The highest BCUT2D eigenvalue weighted by atomic mass is 32.2. The lowest BCUT2D eigenvalue weighted by Crippen LogP contribution is -2.23. The van der Waals surface area contributed by atoms with Crippen molar-refractivity contribution in [2.24, 2.45) is 0 Å². The number of carbonyl (C=O) groups is 2. The number of methoxy groups -OCH3 is 1. The Morgan fingerprint density at radius 3 is 2.47 bits per heavy atom. The summed E-state index contributed by atoms with van der Waals surface area (Å²) >= 11 is 0. The molecule has 0 radical (unpaired) electrons. The van der Waals surface area contributed by atoms with Gasteiger partial charge in [0.05, 0.1) is 23.3 Å². The van der Waals surface area contributed by atoms with Crippen LogP contribution in [0.3, 0.4) is 0 Å². The molecule has 1 atom stereocenters. The average molecular weight is 481 g/mol. The first kappa shape index (κ1) is 23.5. The van der Waals surface area contributed by atoms with Gasteiger partial charge in [-0.05, 0) is 47.5 Å². The van der Waals surface area contributed by atoms with E-state index in [0.717, 1.165) is 9.87 Å². The molecule has 3 aromatic rings. The molecule has 1 aliphatic rings. The number of ether oxygens (including phenoxy) is 2. The van der Waals surface area contributed by atoms with Crippen LogP contribution in [-0.2, 0) is 21.2 Å². The van der Waals surface area contributed by atoms with Crippen LogP contribution in [0.5, 0.6) is 5.75 Å². The first-order valence-corrected chi connectivity index (χ1v) is 12.0. The summed E-state index contributed by atoms with van der Waals surface area (Å²) < 4.78 is 37.0. The molecule has 4 rings (SSSR count). The van der Waals surface area contributed by atoms with Gasteiger partial charge in [-0.2, -0.15) is 0 Å². The molecule has 0 bridgehead atoms. The summed E-state index contributed by atoms with van der Waals surface area (Å²) in [6.07, 6.45) is -0.000877. The van der Waals surface area contributed by atoms with Crippen LogP contribution in [0.15, 0.2) is 71.6 Å². The fraction of sp³-hybridized carbons (Fsp3) is 0.200. The first-order valence-electron chi connectivity index (χ1n) is 10.5. The number of nitrogens with one attached hydrogen (secondary N) is 1. The Kier molecular flexibility index (Phi) is 6.41. The Morgan fingerprint density at radius 2 is 1.79 bits per heavy atom. The minimum absolute atomic E-state index is 0.0208. The van der Waals surface area contributed by atoms with Crippen LogP contribution in [0.2, 0.25) is 0 Å². The summed E-state index contributed by atoms with van der Waals surface area (Å²) in [6, 6.07) is 18.4. The molecule has 1 heterocycles. The molecule has 0 spiro atoms. The molecule has 0 aliphatic carbocycles. The fourth-order valence-electron chi connectivity index (χ4n) is 3.74. The molecule has 0 fully saturated rings. The number of sulfonamides is 1. The highest BCUT2D eigenvalue weighted by Gasteiger charge is 2.28. The molecule has 1 amide bonds. The second-order valence-corrected chi connectivity index (χ2v) is 10.1. The standard InChI is InChI=1S/C25H24N2O6S/c1-27(2)34(30,31)19-10-12-22(32-3)21(15-19)26-24(28)17-9-11-20-18(13-17)14-23(33-25(20)29)16-7-5-4-6-8-16/h4-13,15,23H,14H2,1-3H3,(H,26,28). The van der Waals surface area contributed by atoms with Crippen LogP contribution in [0.1, 0.15) is 37.9 Å². The van der Waals surface area contributed by atoms with E-state index in [2.05, 4.69) is 5.32 Å². The van der Waals surface area contributed by atoms with Crippen LogP contribution < -0.4 is 10.1 Å². The van der Waals surface area contributed by atoms with Gasteiger partial charge in [0.1, 0.15) is 11.9 Å². The number of rotatable bonds is 6. The minimum Gasteiger partial charge on any atom is -0.495 e. The van der Waals surface area contributed by atoms with Gasteiger partial charge in [-0.3, -0.25) is 4.79 Å². The molecule has 1 N–H and O–H groups in total. The molecule has 1 aliphatic heterocycles. The lowest BCUT2D eigenvalue weighted by Gasteiger charge is -2.25. The lowest BCUT2D eigenvalue weighted by atomic mass is 9.93. The van der Waals surface area contributed by atoms with Crippen molar-refractivity contribution in [3.05, 3.63) is 89.0 Å². The summed E-state index contributed by atoms with van der Waals surface area (Å²) in [7, 11) is 0.588. The molecule has 0 saturated carbocycles. The molecule has 0 aromatic heterocycles. The van der Waals surface area contributed by atoms with E-state index < -0.39 is 28.0 Å². The summed E-state index contributed by atoms with van der Waals surface area (Å²) in [5, 5.41) is 2.73. The second kappa shape index (κ2) is 9.28. The number of carbonyl (C=O) groups excluding carboxylic acids is 2. The second-order valence-electron chi connectivity index (χ2n) is 7.98. The molecular formula is C25H24N2O6S. The zero-order chi connectivity index (χ0) is 24.5. The van der Waals surface area contributed by atoms with E-state index in [1.165, 1.54) is 45.5 Å². The predicted octanol–water partition coefficient (Wildman–Crippen LogP) is 3.65. The molecular weight excluding hydrogens is 456 g/mol. The Bertz CT molecular complexity index is 1350. The van der Waals surface area contributed by atoms with Crippen molar-refractivity contribution in [2.75, 3.05) is 26.5 Å². The highest BCUT2D eigenvalue weighted by molar-refractivity contribution is 7.89. The van der Waals surface area contributed by atoms with Gasteiger partial charge >= 0.3 is 5.97 Å². The van der Waals surface area contributed by atoms with Crippen LogP contribution in [0, 0.1) is 0 Å². The number of esters is 1. The third-order valence-corrected chi connectivity index (χ3v) is 7.42. The summed E-state index contributed by atoms with van der Waals surface area (Å²) in [5.74, 6) is -0.585. The maximum absolute atomic E-state index is 13.1. The largest absolute Gasteiger partial charge is 0.495 e. The number of amides is 1. The van der Waals surface area contributed by atoms with Gasteiger partial charge < -0.3 is 14.8 Å². The molecule has 3 aromatic carbocycles. The van der Waals surface area contributed by atoms with Crippen molar-refractivity contribution in [1.82, 2.24) is 4.31 Å². The molecule has 0 saturated heterocycles. The monoisotopic (exact) mass is 480 g/mol. The van der Waals surface area contributed by atoms with E-state index in [1.54, 1.807) is 12.1 Å². The number of benzene rings is 3. The predicted molar refractivity (Wildman–Crippen MR) is 127 cm³/mol. The van der Waals surface area contributed by atoms with Gasteiger partial charge in [0.2, 0.25) is 10.0 Å². The number of hydrogen-bond donors (Lipinski definition) is 1. The first-order chi connectivity index (χ1) is 16.2. The van der Waals surface area contributed by atoms with Gasteiger partial charge in [-0.15, -0.1) is 0 Å². The topological polar surface area (TPSA) is 102 Å². The molecule has 176 valence electrons. The Labute approximate surface area is 198 Å². The average Bonchev–Trinajstić information content (AvgIpc) is 2.84. The number of nitrogens with zero attached hydrogens (tertiary/aromatic N) is 1. The van der Waals surface area contributed by atoms with Gasteiger partial charge in [0, 0.05) is 26.1 Å². The summed E-state index contributed by atoms with van der Waals surface area (Å²) in [5.41, 5.74) is 2.53. The number of fused-ring (bicyclic) bond motifs is 1. The minimum atomic E-state index is -3.70. The van der Waals surface area contributed by atoms with E-state index in [0.29, 0.717) is 28.9 Å². The third-order valence-electron chi connectivity index (χ3n) is 5.61. The smallest absolute Gasteiger partial charge is 0.339 e. The maximum Gasteiger partial charge on any atom is 0.339 e. The molecule has 34 heavy (non-hydrogen) atoms. The summed E-state index contributed by atoms with van der Waals surface area (Å²) in [4.78, 5) is 25.6. The zero-order valence-electron chi connectivity index (χ0n) is 18.9. The van der Waals surface area contributed by atoms with E-state index in [4.69, 9.17) is 9.47 Å². The van der Waals surface area contributed by atoms with Crippen molar-refractivity contribution < 1.29 is 27.5 Å². The Hall–Kier alpha value is -3.69. The molecule has 1 unspecified atom stereocenters. The van der Waals surface area contributed by atoms with Gasteiger partial charge in [-0.25, -0.2) is 17.5 Å². The Morgan fingerprint density at radius 1 is 1.06 bits per heavy atom. The Balaban J connectivity index is 1.62. The number of cyclic esters (lactones) is 1. The van der Waals surface area contributed by atoms with Crippen molar-refractivity contribution in [3.63, 3.8) is 0 Å². The van der Waals surface area contributed by atoms with E-state index >= 15 is 0 Å². The van der Waals surface area contributed by atoms with Gasteiger partial charge in [0.25, 0.3) is 5.91 Å². The highest BCUT2D eigenvalue weighted by Crippen LogP contribution is 2.32.